The Morgan fingerprint density at radius 1 is 1.32 bits per heavy atom. The maximum Gasteiger partial charge on any atom is 0.339 e. The molecule has 2 atom stereocenters. The van der Waals surface area contributed by atoms with Crippen molar-refractivity contribution < 1.29 is 9.53 Å². The molecule has 1 N–H and O–H groups in total. The first-order chi connectivity index (χ1) is 12.1. The summed E-state index contributed by atoms with van der Waals surface area (Å²) in [5.41, 5.74) is 4.93. The maximum atomic E-state index is 12.3. The van der Waals surface area contributed by atoms with Gasteiger partial charge in [-0.25, -0.2) is 9.78 Å². The highest BCUT2D eigenvalue weighted by molar-refractivity contribution is 6.31. The Hall–Kier alpha value is -2.07. The highest BCUT2D eigenvalue weighted by atomic mass is 35.5. The van der Waals surface area contributed by atoms with Gasteiger partial charge in [0.1, 0.15) is 5.82 Å². The molecular weight excluding hydrogens is 336 g/mol. The third-order valence-corrected chi connectivity index (χ3v) is 5.74. The second kappa shape index (κ2) is 6.34. The van der Waals surface area contributed by atoms with Crippen molar-refractivity contribution in [2.24, 2.45) is 0 Å². The van der Waals surface area contributed by atoms with Gasteiger partial charge in [-0.1, -0.05) is 17.7 Å². The molecular formula is C20H21ClN2O2. The lowest BCUT2D eigenvalue weighted by Gasteiger charge is -2.21. The SMILES string of the molecule is CCOC(=O)c1cnc(Nc2ccc(C)c(Cl)c2)c2c1C1CCC2C1. The summed E-state index contributed by atoms with van der Waals surface area (Å²) in [5.74, 6) is 1.51. The second-order valence-corrected chi connectivity index (χ2v) is 7.27. The molecule has 4 nitrogen and oxygen atoms in total. The molecule has 1 saturated carbocycles. The van der Waals surface area contributed by atoms with Crippen LogP contribution in [0.3, 0.4) is 0 Å². The number of carbonyl (C=O) groups excluding carboxylic acids is 1. The number of hydrogen-bond acceptors (Lipinski definition) is 4. The van der Waals surface area contributed by atoms with Gasteiger partial charge in [0.2, 0.25) is 0 Å². The van der Waals surface area contributed by atoms with Gasteiger partial charge in [0.25, 0.3) is 0 Å². The standard InChI is InChI=1S/C20H21ClN2O2/c1-3-25-20(24)15-10-22-19(18-13-6-5-12(8-13)17(15)18)23-14-7-4-11(2)16(21)9-14/h4,7,9-10,12-13H,3,5-6,8H2,1-2H3,(H,22,23). The third kappa shape index (κ3) is 2.78. The number of pyridine rings is 1. The van der Waals surface area contributed by atoms with E-state index in [2.05, 4.69) is 10.3 Å². The minimum absolute atomic E-state index is 0.260. The summed E-state index contributed by atoms with van der Waals surface area (Å²) in [6.45, 7) is 4.19. The first-order valence-corrected chi connectivity index (χ1v) is 9.19. The number of carbonyl (C=O) groups is 1. The molecule has 2 bridgehead atoms. The van der Waals surface area contributed by atoms with Crippen molar-refractivity contribution in [1.82, 2.24) is 4.98 Å². The van der Waals surface area contributed by atoms with Gasteiger partial charge in [-0.3, -0.25) is 0 Å². The first-order valence-electron chi connectivity index (χ1n) is 8.81. The van der Waals surface area contributed by atoms with Crippen LogP contribution < -0.4 is 5.32 Å². The van der Waals surface area contributed by atoms with Crippen molar-refractivity contribution in [1.29, 1.82) is 0 Å². The minimum Gasteiger partial charge on any atom is -0.462 e. The molecule has 1 aromatic heterocycles. The Labute approximate surface area is 152 Å². The fraction of sp³-hybridized carbons (Fsp3) is 0.400. The van der Waals surface area contributed by atoms with Gasteiger partial charge in [-0.05, 0) is 68.2 Å². The largest absolute Gasteiger partial charge is 0.462 e. The fourth-order valence-corrected chi connectivity index (χ4v) is 4.36. The average molecular weight is 357 g/mol. The number of halogens is 1. The van der Waals surface area contributed by atoms with Crippen molar-refractivity contribution in [2.45, 2.75) is 44.9 Å². The Bertz CT molecular complexity index is 850. The summed E-state index contributed by atoms with van der Waals surface area (Å²) in [5, 5.41) is 4.14. The molecule has 0 aliphatic heterocycles. The lowest BCUT2D eigenvalue weighted by molar-refractivity contribution is 0.0524. The number of nitrogens with zero attached hydrogens (tertiary/aromatic N) is 1. The predicted molar refractivity (Wildman–Crippen MR) is 99.0 cm³/mol. The van der Waals surface area contributed by atoms with E-state index in [9.17, 15) is 4.79 Å². The highest BCUT2D eigenvalue weighted by Crippen LogP contribution is 2.56. The first kappa shape index (κ1) is 16.4. The van der Waals surface area contributed by atoms with Crippen LogP contribution in [-0.2, 0) is 4.74 Å². The van der Waals surface area contributed by atoms with E-state index in [1.807, 2.05) is 32.0 Å². The number of benzene rings is 1. The normalized spacial score (nSPS) is 20.4. The van der Waals surface area contributed by atoms with E-state index in [0.29, 0.717) is 24.0 Å². The number of aryl methyl sites for hydroxylation is 1. The van der Waals surface area contributed by atoms with Crippen LogP contribution >= 0.6 is 11.6 Å². The van der Waals surface area contributed by atoms with Gasteiger partial charge >= 0.3 is 5.97 Å². The Morgan fingerprint density at radius 3 is 2.80 bits per heavy atom. The smallest absolute Gasteiger partial charge is 0.339 e. The molecule has 0 amide bonds. The molecule has 5 heteroatoms. The quantitative estimate of drug-likeness (QED) is 0.752. The van der Waals surface area contributed by atoms with E-state index >= 15 is 0 Å². The molecule has 2 unspecified atom stereocenters. The monoisotopic (exact) mass is 356 g/mol. The van der Waals surface area contributed by atoms with Gasteiger partial charge in [-0.15, -0.1) is 0 Å². The number of fused-ring (bicyclic) bond motifs is 5. The Balaban J connectivity index is 1.75. The molecule has 0 saturated heterocycles. The molecule has 2 aliphatic rings. The summed E-state index contributed by atoms with van der Waals surface area (Å²) < 4.78 is 5.23. The van der Waals surface area contributed by atoms with Crippen LogP contribution in [0.5, 0.6) is 0 Å². The Morgan fingerprint density at radius 2 is 2.08 bits per heavy atom. The van der Waals surface area contributed by atoms with Crippen molar-refractivity contribution in [2.75, 3.05) is 11.9 Å². The average Bonchev–Trinajstić information content (AvgIpc) is 3.21. The molecule has 0 spiro atoms. The Kier molecular flexibility index (Phi) is 4.16. The van der Waals surface area contributed by atoms with Gasteiger partial charge in [0.05, 0.1) is 12.2 Å². The summed E-state index contributed by atoms with van der Waals surface area (Å²) >= 11 is 6.24. The van der Waals surface area contributed by atoms with Crippen LogP contribution in [0.15, 0.2) is 24.4 Å². The molecule has 130 valence electrons. The summed E-state index contributed by atoms with van der Waals surface area (Å²) in [6, 6.07) is 5.91. The summed E-state index contributed by atoms with van der Waals surface area (Å²) in [6.07, 6.45) is 5.07. The lowest BCUT2D eigenvalue weighted by Crippen LogP contribution is -2.14. The van der Waals surface area contributed by atoms with E-state index in [1.165, 1.54) is 5.56 Å². The van der Waals surface area contributed by atoms with Crippen LogP contribution in [0.2, 0.25) is 5.02 Å². The van der Waals surface area contributed by atoms with Crippen LogP contribution in [0.25, 0.3) is 0 Å². The topological polar surface area (TPSA) is 51.2 Å². The van der Waals surface area contributed by atoms with E-state index in [-0.39, 0.29) is 5.97 Å². The highest BCUT2D eigenvalue weighted by Gasteiger charge is 2.42. The molecule has 4 rings (SSSR count). The van der Waals surface area contributed by atoms with Crippen molar-refractivity contribution in [3.63, 3.8) is 0 Å². The molecule has 1 heterocycles. The number of nitrogens with one attached hydrogen (secondary N) is 1. The molecule has 2 aliphatic carbocycles. The number of ether oxygens (including phenoxy) is 1. The van der Waals surface area contributed by atoms with Crippen LogP contribution in [-0.4, -0.2) is 17.6 Å². The number of esters is 1. The zero-order chi connectivity index (χ0) is 17.6. The van der Waals surface area contributed by atoms with Crippen molar-refractivity contribution in [3.8, 4) is 0 Å². The molecule has 2 aromatic rings. The lowest BCUT2D eigenvalue weighted by atomic mass is 9.89. The van der Waals surface area contributed by atoms with Gasteiger partial charge in [0, 0.05) is 22.5 Å². The third-order valence-electron chi connectivity index (χ3n) is 5.34. The van der Waals surface area contributed by atoms with Crippen molar-refractivity contribution in [3.05, 3.63) is 51.7 Å². The van der Waals surface area contributed by atoms with E-state index in [0.717, 1.165) is 46.9 Å². The van der Waals surface area contributed by atoms with Gasteiger partial charge < -0.3 is 10.1 Å². The molecule has 25 heavy (non-hydrogen) atoms. The molecule has 1 aromatic carbocycles. The predicted octanol–water partition coefficient (Wildman–Crippen LogP) is 5.33. The number of anilines is 2. The molecule has 1 fully saturated rings. The minimum atomic E-state index is -0.260. The summed E-state index contributed by atoms with van der Waals surface area (Å²) in [4.78, 5) is 16.9. The van der Waals surface area contributed by atoms with E-state index in [1.54, 1.807) is 6.20 Å². The number of hydrogen-bond donors (Lipinski definition) is 1. The number of aromatic nitrogens is 1. The molecule has 0 radical (unpaired) electrons. The maximum absolute atomic E-state index is 12.3. The van der Waals surface area contributed by atoms with Gasteiger partial charge in [0.15, 0.2) is 0 Å². The van der Waals surface area contributed by atoms with Crippen LogP contribution in [0.1, 0.15) is 65.1 Å². The van der Waals surface area contributed by atoms with Crippen LogP contribution in [0.4, 0.5) is 11.5 Å². The zero-order valence-corrected chi connectivity index (χ0v) is 15.2. The van der Waals surface area contributed by atoms with Crippen molar-refractivity contribution >= 4 is 29.1 Å². The number of rotatable bonds is 4. The fourth-order valence-electron chi connectivity index (χ4n) is 4.18. The van der Waals surface area contributed by atoms with Crippen LogP contribution in [0, 0.1) is 6.92 Å². The second-order valence-electron chi connectivity index (χ2n) is 6.86. The van der Waals surface area contributed by atoms with E-state index < -0.39 is 0 Å². The summed E-state index contributed by atoms with van der Waals surface area (Å²) in [7, 11) is 0. The zero-order valence-electron chi connectivity index (χ0n) is 14.4. The van der Waals surface area contributed by atoms with E-state index in [4.69, 9.17) is 16.3 Å². The van der Waals surface area contributed by atoms with Gasteiger partial charge in [-0.2, -0.15) is 0 Å².